The molecule has 0 fully saturated rings. The Morgan fingerprint density at radius 3 is 2.74 bits per heavy atom. The Morgan fingerprint density at radius 1 is 1.37 bits per heavy atom. The molecule has 136 valence electrons. The summed E-state index contributed by atoms with van der Waals surface area (Å²) in [6.45, 7) is 0.0850. The fraction of sp³-hybridized carbons (Fsp3) is 0.100. The molecule has 0 aromatic heterocycles. The number of terminal acetylenes is 1. The second kappa shape index (κ2) is 9.68. The van der Waals surface area contributed by atoms with Gasteiger partial charge >= 0.3 is 0 Å². The van der Waals surface area contributed by atoms with E-state index < -0.39 is 5.91 Å². The minimum Gasteiger partial charge on any atom is -0.493 e. The molecule has 0 radical (unpaired) electrons. The summed E-state index contributed by atoms with van der Waals surface area (Å²) in [4.78, 5) is 12.4. The van der Waals surface area contributed by atoms with Crippen LogP contribution < -0.4 is 14.8 Å². The number of nitriles is 1. The lowest BCUT2D eigenvalue weighted by Gasteiger charge is -2.11. The second-order valence-corrected chi connectivity index (χ2v) is 6.38. The Kier molecular flexibility index (Phi) is 7.31. The van der Waals surface area contributed by atoms with Crippen LogP contribution in [0.25, 0.3) is 6.08 Å². The Balaban J connectivity index is 2.34. The van der Waals surface area contributed by atoms with Gasteiger partial charge in [0.15, 0.2) is 11.5 Å². The van der Waals surface area contributed by atoms with Gasteiger partial charge in [-0.3, -0.25) is 4.79 Å². The molecule has 0 aliphatic rings. The van der Waals surface area contributed by atoms with Crippen LogP contribution >= 0.6 is 27.5 Å². The summed E-state index contributed by atoms with van der Waals surface area (Å²) < 4.78 is 11.3. The molecule has 1 N–H and O–H groups in total. The van der Waals surface area contributed by atoms with E-state index in [1.165, 1.54) is 13.2 Å². The molecule has 0 heterocycles. The van der Waals surface area contributed by atoms with Crippen LogP contribution in [0.1, 0.15) is 5.56 Å². The molecule has 0 atom stereocenters. The highest BCUT2D eigenvalue weighted by atomic mass is 79.9. The Morgan fingerprint density at radius 2 is 2.11 bits per heavy atom. The number of methoxy groups -OCH3 is 1. The van der Waals surface area contributed by atoms with Crippen molar-refractivity contribution in [2.75, 3.05) is 19.0 Å². The van der Waals surface area contributed by atoms with Gasteiger partial charge in [0.2, 0.25) is 0 Å². The average Bonchev–Trinajstić information content (AvgIpc) is 2.67. The molecule has 0 saturated heterocycles. The van der Waals surface area contributed by atoms with Gasteiger partial charge in [0, 0.05) is 4.47 Å². The predicted molar refractivity (Wildman–Crippen MR) is 109 cm³/mol. The Labute approximate surface area is 170 Å². The number of hydrogen-bond donors (Lipinski definition) is 1. The van der Waals surface area contributed by atoms with Crippen LogP contribution in [0.2, 0.25) is 5.02 Å². The summed E-state index contributed by atoms with van der Waals surface area (Å²) in [5.74, 6) is 2.66. The lowest BCUT2D eigenvalue weighted by Crippen LogP contribution is -2.13. The van der Waals surface area contributed by atoms with Crippen molar-refractivity contribution in [1.29, 1.82) is 5.26 Å². The van der Waals surface area contributed by atoms with Crippen molar-refractivity contribution in [2.45, 2.75) is 0 Å². The maximum absolute atomic E-state index is 12.4. The van der Waals surface area contributed by atoms with E-state index in [0.717, 1.165) is 0 Å². The minimum atomic E-state index is -0.580. The molecule has 2 rings (SSSR count). The summed E-state index contributed by atoms with van der Waals surface area (Å²) in [7, 11) is 1.48. The van der Waals surface area contributed by atoms with Crippen molar-refractivity contribution in [2.24, 2.45) is 0 Å². The molecular formula is C20H14BrClN2O3. The summed E-state index contributed by atoms with van der Waals surface area (Å²) in [5, 5.41) is 12.4. The SMILES string of the molecule is C#CCOc1cc(Br)c(/C=C(\C#N)C(=O)Nc2ccccc2Cl)cc1OC. The normalized spacial score (nSPS) is 10.5. The average molecular weight is 446 g/mol. The van der Waals surface area contributed by atoms with Crippen LogP contribution in [0.15, 0.2) is 46.4 Å². The first-order chi connectivity index (χ1) is 13.0. The summed E-state index contributed by atoms with van der Waals surface area (Å²) in [6.07, 6.45) is 6.63. The monoisotopic (exact) mass is 444 g/mol. The lowest BCUT2D eigenvalue weighted by atomic mass is 10.1. The topological polar surface area (TPSA) is 71.3 Å². The molecule has 1 amide bonds. The number of nitrogens with zero attached hydrogens (tertiary/aromatic N) is 1. The van der Waals surface area contributed by atoms with Gasteiger partial charge in [-0.15, -0.1) is 6.42 Å². The van der Waals surface area contributed by atoms with Crippen LogP contribution in [0.4, 0.5) is 5.69 Å². The molecule has 0 aliphatic heterocycles. The van der Waals surface area contributed by atoms with Crippen molar-refractivity contribution < 1.29 is 14.3 Å². The molecule has 0 aliphatic carbocycles. The number of carbonyl (C=O) groups is 1. The number of rotatable bonds is 6. The maximum atomic E-state index is 12.4. The van der Waals surface area contributed by atoms with E-state index in [9.17, 15) is 10.1 Å². The van der Waals surface area contributed by atoms with E-state index in [0.29, 0.717) is 32.2 Å². The van der Waals surface area contributed by atoms with Crippen molar-refractivity contribution in [3.05, 3.63) is 57.0 Å². The number of ether oxygens (including phenoxy) is 2. The highest BCUT2D eigenvalue weighted by molar-refractivity contribution is 9.10. The number of benzene rings is 2. The Hall–Kier alpha value is -2.93. The van der Waals surface area contributed by atoms with E-state index in [1.54, 1.807) is 36.4 Å². The van der Waals surface area contributed by atoms with Gasteiger partial charge in [0.25, 0.3) is 5.91 Å². The van der Waals surface area contributed by atoms with Crippen LogP contribution in [0, 0.1) is 23.7 Å². The van der Waals surface area contributed by atoms with Gasteiger partial charge in [-0.1, -0.05) is 45.6 Å². The zero-order valence-corrected chi connectivity index (χ0v) is 16.6. The van der Waals surface area contributed by atoms with Gasteiger partial charge in [-0.25, -0.2) is 0 Å². The lowest BCUT2D eigenvalue weighted by molar-refractivity contribution is -0.112. The predicted octanol–water partition coefficient (Wildman–Crippen LogP) is 4.67. The van der Waals surface area contributed by atoms with Crippen LogP contribution in [-0.4, -0.2) is 19.6 Å². The van der Waals surface area contributed by atoms with Gasteiger partial charge in [-0.05, 0) is 35.9 Å². The number of halogens is 2. The van der Waals surface area contributed by atoms with E-state index in [4.69, 9.17) is 27.5 Å². The van der Waals surface area contributed by atoms with Crippen molar-refractivity contribution in [3.63, 3.8) is 0 Å². The number of anilines is 1. The molecule has 27 heavy (non-hydrogen) atoms. The molecule has 2 aromatic rings. The largest absolute Gasteiger partial charge is 0.493 e. The first kappa shape index (κ1) is 20.4. The third kappa shape index (κ3) is 5.27. The van der Waals surface area contributed by atoms with E-state index in [1.807, 2.05) is 6.07 Å². The molecule has 0 bridgehead atoms. The van der Waals surface area contributed by atoms with Crippen molar-refractivity contribution in [3.8, 4) is 29.9 Å². The first-order valence-corrected chi connectivity index (χ1v) is 8.78. The second-order valence-electron chi connectivity index (χ2n) is 5.12. The summed E-state index contributed by atoms with van der Waals surface area (Å²) >= 11 is 9.42. The maximum Gasteiger partial charge on any atom is 0.266 e. The fourth-order valence-electron chi connectivity index (χ4n) is 2.11. The minimum absolute atomic E-state index is 0.0850. The van der Waals surface area contributed by atoms with Crippen molar-refractivity contribution in [1.82, 2.24) is 0 Å². The van der Waals surface area contributed by atoms with Gasteiger partial charge in [0.1, 0.15) is 18.2 Å². The first-order valence-electron chi connectivity index (χ1n) is 7.61. The molecule has 0 unspecified atom stereocenters. The highest BCUT2D eigenvalue weighted by Gasteiger charge is 2.14. The molecular weight excluding hydrogens is 432 g/mol. The van der Waals surface area contributed by atoms with Gasteiger partial charge < -0.3 is 14.8 Å². The van der Waals surface area contributed by atoms with Crippen LogP contribution in [0.5, 0.6) is 11.5 Å². The third-order valence-electron chi connectivity index (χ3n) is 3.38. The summed E-state index contributed by atoms with van der Waals surface area (Å²) in [6, 6.07) is 11.9. The summed E-state index contributed by atoms with van der Waals surface area (Å²) in [5.41, 5.74) is 0.876. The molecule has 0 spiro atoms. The van der Waals surface area contributed by atoms with Crippen LogP contribution in [0.3, 0.4) is 0 Å². The van der Waals surface area contributed by atoms with E-state index in [-0.39, 0.29) is 12.2 Å². The van der Waals surface area contributed by atoms with E-state index >= 15 is 0 Å². The standard InChI is InChI=1S/C20H14BrClN2O3/c1-3-8-27-19-11-15(21)13(10-18(19)26-2)9-14(12-23)20(25)24-17-7-5-4-6-16(17)22/h1,4-7,9-11H,8H2,2H3,(H,24,25)/b14-9+. The van der Waals surface area contributed by atoms with Gasteiger partial charge in [-0.2, -0.15) is 5.26 Å². The smallest absolute Gasteiger partial charge is 0.266 e. The number of carbonyl (C=O) groups excluding carboxylic acids is 1. The number of para-hydroxylation sites is 1. The number of hydrogen-bond acceptors (Lipinski definition) is 4. The van der Waals surface area contributed by atoms with Crippen LogP contribution in [-0.2, 0) is 4.79 Å². The highest BCUT2D eigenvalue weighted by Crippen LogP contribution is 2.34. The van der Waals surface area contributed by atoms with E-state index in [2.05, 4.69) is 27.2 Å². The number of nitrogens with one attached hydrogen (secondary N) is 1. The fourth-order valence-corrected chi connectivity index (χ4v) is 2.73. The molecule has 0 saturated carbocycles. The van der Waals surface area contributed by atoms with Gasteiger partial charge in [0.05, 0.1) is 17.8 Å². The number of amides is 1. The molecule has 2 aromatic carbocycles. The Bertz CT molecular complexity index is 974. The third-order valence-corrected chi connectivity index (χ3v) is 4.40. The van der Waals surface area contributed by atoms with Crippen molar-refractivity contribution >= 4 is 45.2 Å². The molecule has 5 nitrogen and oxygen atoms in total. The zero-order chi connectivity index (χ0) is 19.8. The zero-order valence-electron chi connectivity index (χ0n) is 14.3. The quantitative estimate of drug-likeness (QED) is 0.398. The molecule has 7 heteroatoms.